The average Bonchev–Trinajstić information content (AvgIpc) is 2.80. The molecule has 0 aliphatic carbocycles. The topological polar surface area (TPSA) is 69.2 Å². The SMILES string of the molecule is COc1cccc(OCCCOc2ccccc2/C=N\NC(=O)c2ccccc2)c1. The highest BCUT2D eigenvalue weighted by atomic mass is 16.5. The summed E-state index contributed by atoms with van der Waals surface area (Å²) in [6.07, 6.45) is 2.29. The zero-order valence-electron chi connectivity index (χ0n) is 16.8. The van der Waals surface area contributed by atoms with Crippen LogP contribution in [0.5, 0.6) is 17.2 Å². The minimum absolute atomic E-state index is 0.264. The van der Waals surface area contributed by atoms with Crippen LogP contribution >= 0.6 is 0 Å². The maximum Gasteiger partial charge on any atom is 0.271 e. The van der Waals surface area contributed by atoms with Crippen molar-refractivity contribution in [3.05, 3.63) is 90.0 Å². The van der Waals surface area contributed by atoms with Crippen LogP contribution in [0, 0.1) is 0 Å². The fraction of sp³-hybridized carbons (Fsp3) is 0.167. The van der Waals surface area contributed by atoms with E-state index in [1.165, 1.54) is 0 Å². The van der Waals surface area contributed by atoms with E-state index in [2.05, 4.69) is 10.5 Å². The molecule has 0 aromatic heterocycles. The van der Waals surface area contributed by atoms with Gasteiger partial charge in [-0.25, -0.2) is 5.43 Å². The monoisotopic (exact) mass is 404 g/mol. The van der Waals surface area contributed by atoms with Crippen LogP contribution in [0.25, 0.3) is 0 Å². The van der Waals surface area contributed by atoms with Gasteiger partial charge in [-0.05, 0) is 36.4 Å². The molecule has 0 saturated heterocycles. The Labute approximate surface area is 176 Å². The van der Waals surface area contributed by atoms with Crippen molar-refractivity contribution in [3.63, 3.8) is 0 Å². The second-order valence-electron chi connectivity index (χ2n) is 6.33. The number of carbonyl (C=O) groups excluding carboxylic acids is 1. The molecule has 1 N–H and O–H groups in total. The molecule has 0 unspecified atom stereocenters. The van der Waals surface area contributed by atoms with E-state index in [0.29, 0.717) is 30.9 Å². The summed E-state index contributed by atoms with van der Waals surface area (Å²) in [4.78, 5) is 12.0. The Morgan fingerprint density at radius 1 is 0.900 bits per heavy atom. The number of carbonyl (C=O) groups is 1. The van der Waals surface area contributed by atoms with Crippen molar-refractivity contribution in [1.29, 1.82) is 0 Å². The molecule has 0 radical (unpaired) electrons. The van der Waals surface area contributed by atoms with Crippen molar-refractivity contribution in [2.75, 3.05) is 20.3 Å². The van der Waals surface area contributed by atoms with Crippen LogP contribution < -0.4 is 19.6 Å². The van der Waals surface area contributed by atoms with Crippen molar-refractivity contribution in [3.8, 4) is 17.2 Å². The van der Waals surface area contributed by atoms with Crippen LogP contribution in [0.1, 0.15) is 22.3 Å². The Kier molecular flexibility index (Phi) is 7.85. The molecule has 6 nitrogen and oxygen atoms in total. The quantitative estimate of drug-likeness (QED) is 0.311. The molecule has 0 heterocycles. The lowest BCUT2D eigenvalue weighted by Crippen LogP contribution is -2.17. The van der Waals surface area contributed by atoms with E-state index in [4.69, 9.17) is 14.2 Å². The van der Waals surface area contributed by atoms with E-state index < -0.39 is 0 Å². The molecule has 0 bridgehead atoms. The van der Waals surface area contributed by atoms with Crippen molar-refractivity contribution < 1.29 is 19.0 Å². The van der Waals surface area contributed by atoms with Crippen molar-refractivity contribution in [2.24, 2.45) is 5.10 Å². The summed E-state index contributed by atoms with van der Waals surface area (Å²) in [6, 6.07) is 23.9. The number of nitrogens with zero attached hydrogens (tertiary/aromatic N) is 1. The number of ether oxygens (including phenoxy) is 3. The number of para-hydroxylation sites is 1. The van der Waals surface area contributed by atoms with Gasteiger partial charge in [0.15, 0.2) is 0 Å². The van der Waals surface area contributed by atoms with Crippen LogP contribution in [-0.4, -0.2) is 32.4 Å². The third-order valence-electron chi connectivity index (χ3n) is 4.18. The predicted molar refractivity (Wildman–Crippen MR) is 117 cm³/mol. The van der Waals surface area contributed by atoms with Crippen LogP contribution in [0.3, 0.4) is 0 Å². The van der Waals surface area contributed by atoms with Crippen molar-refractivity contribution in [1.82, 2.24) is 5.43 Å². The van der Waals surface area contributed by atoms with Crippen molar-refractivity contribution in [2.45, 2.75) is 6.42 Å². The minimum Gasteiger partial charge on any atom is -0.497 e. The van der Waals surface area contributed by atoms with E-state index >= 15 is 0 Å². The first-order chi connectivity index (χ1) is 14.8. The lowest BCUT2D eigenvalue weighted by Gasteiger charge is -2.10. The number of hydrazone groups is 1. The highest BCUT2D eigenvalue weighted by Crippen LogP contribution is 2.19. The normalized spacial score (nSPS) is 10.6. The number of rotatable bonds is 10. The van der Waals surface area contributed by atoms with Crippen LogP contribution in [0.2, 0.25) is 0 Å². The Balaban J connectivity index is 1.46. The molecule has 30 heavy (non-hydrogen) atoms. The Hall–Kier alpha value is -3.80. The van der Waals surface area contributed by atoms with Gasteiger partial charge in [0.25, 0.3) is 5.91 Å². The summed E-state index contributed by atoms with van der Waals surface area (Å²) in [7, 11) is 1.63. The maximum atomic E-state index is 12.0. The molecule has 0 fully saturated rings. The second-order valence-corrected chi connectivity index (χ2v) is 6.33. The predicted octanol–water partition coefficient (Wildman–Crippen LogP) is 4.31. The van der Waals surface area contributed by atoms with Gasteiger partial charge in [-0.2, -0.15) is 5.10 Å². The molecule has 3 aromatic carbocycles. The van der Waals surface area contributed by atoms with Gasteiger partial charge in [-0.3, -0.25) is 4.79 Å². The number of hydrogen-bond donors (Lipinski definition) is 1. The van der Waals surface area contributed by atoms with Crippen LogP contribution in [0.15, 0.2) is 84.0 Å². The molecule has 0 aliphatic rings. The molecule has 154 valence electrons. The van der Waals surface area contributed by atoms with E-state index in [1.54, 1.807) is 37.6 Å². The van der Waals surface area contributed by atoms with Crippen molar-refractivity contribution >= 4 is 12.1 Å². The first-order valence-electron chi connectivity index (χ1n) is 9.63. The molecular formula is C24H24N2O4. The number of benzene rings is 3. The molecule has 0 saturated carbocycles. The van der Waals surface area contributed by atoms with Gasteiger partial charge in [0.1, 0.15) is 17.2 Å². The molecular weight excluding hydrogens is 380 g/mol. The van der Waals surface area contributed by atoms with Gasteiger partial charge in [-0.1, -0.05) is 36.4 Å². The highest BCUT2D eigenvalue weighted by Gasteiger charge is 2.04. The highest BCUT2D eigenvalue weighted by molar-refractivity contribution is 5.95. The summed E-state index contributed by atoms with van der Waals surface area (Å²) in [6.45, 7) is 1.02. The zero-order chi connectivity index (χ0) is 21.0. The number of methoxy groups -OCH3 is 1. The fourth-order valence-corrected chi connectivity index (χ4v) is 2.66. The van der Waals surface area contributed by atoms with Crippen LogP contribution in [-0.2, 0) is 0 Å². The van der Waals surface area contributed by atoms with Gasteiger partial charge in [0.05, 0.1) is 26.5 Å². The van der Waals surface area contributed by atoms with Gasteiger partial charge < -0.3 is 14.2 Å². The van der Waals surface area contributed by atoms with Gasteiger partial charge >= 0.3 is 0 Å². The molecule has 0 spiro atoms. The maximum absolute atomic E-state index is 12.0. The second kappa shape index (κ2) is 11.3. The lowest BCUT2D eigenvalue weighted by molar-refractivity contribution is 0.0955. The molecule has 0 atom stereocenters. The average molecular weight is 404 g/mol. The number of amides is 1. The summed E-state index contributed by atoms with van der Waals surface area (Å²) in [5.41, 5.74) is 3.85. The largest absolute Gasteiger partial charge is 0.497 e. The van der Waals surface area contributed by atoms with Gasteiger partial charge in [-0.15, -0.1) is 0 Å². The Bertz CT molecular complexity index is 974. The Morgan fingerprint density at radius 3 is 2.47 bits per heavy atom. The molecule has 1 amide bonds. The molecule has 6 heteroatoms. The number of nitrogens with one attached hydrogen (secondary N) is 1. The van der Waals surface area contributed by atoms with Gasteiger partial charge in [0.2, 0.25) is 0 Å². The van der Waals surface area contributed by atoms with E-state index in [0.717, 1.165) is 17.1 Å². The standard InChI is InChI=1S/C24H24N2O4/c1-28-21-12-7-13-22(17-21)29-15-8-16-30-23-14-6-5-11-20(23)18-25-26-24(27)19-9-3-2-4-10-19/h2-7,9-14,17-18H,8,15-16H2,1H3,(H,26,27)/b25-18-. The smallest absolute Gasteiger partial charge is 0.271 e. The van der Waals surface area contributed by atoms with E-state index in [9.17, 15) is 4.79 Å². The zero-order valence-corrected chi connectivity index (χ0v) is 16.8. The minimum atomic E-state index is -0.264. The third-order valence-corrected chi connectivity index (χ3v) is 4.18. The third kappa shape index (κ3) is 6.38. The first-order valence-corrected chi connectivity index (χ1v) is 9.63. The van der Waals surface area contributed by atoms with E-state index in [1.807, 2.05) is 54.6 Å². The summed E-state index contributed by atoms with van der Waals surface area (Å²) >= 11 is 0. The summed E-state index contributed by atoms with van der Waals surface area (Å²) in [5.74, 6) is 1.95. The molecule has 3 rings (SSSR count). The molecule has 0 aliphatic heterocycles. The summed E-state index contributed by atoms with van der Waals surface area (Å²) < 4.78 is 16.8. The fourth-order valence-electron chi connectivity index (χ4n) is 2.66. The number of hydrogen-bond acceptors (Lipinski definition) is 5. The summed E-state index contributed by atoms with van der Waals surface area (Å²) in [5, 5.41) is 4.04. The first kappa shape index (κ1) is 20.9. The molecule has 3 aromatic rings. The van der Waals surface area contributed by atoms with Gasteiger partial charge in [0, 0.05) is 23.6 Å². The van der Waals surface area contributed by atoms with E-state index in [-0.39, 0.29) is 5.91 Å². The van der Waals surface area contributed by atoms with Crippen LogP contribution in [0.4, 0.5) is 0 Å². The lowest BCUT2D eigenvalue weighted by atomic mass is 10.2. The Morgan fingerprint density at radius 2 is 1.63 bits per heavy atom.